The number of aryl methyl sites for hydroxylation is 1. The second-order valence-electron chi connectivity index (χ2n) is 6.75. The molecule has 0 bridgehead atoms. The maximum Gasteiger partial charge on any atom is 0.331 e. The van der Waals surface area contributed by atoms with Crippen LogP contribution in [0.3, 0.4) is 0 Å². The number of Topliss-reactive ketones (excluding diaryl/α,β-unsaturated/α-hetero) is 1. The van der Waals surface area contributed by atoms with E-state index in [-0.39, 0.29) is 11.3 Å². The van der Waals surface area contributed by atoms with Crippen molar-refractivity contribution >= 4 is 17.8 Å². The molecule has 3 aromatic rings. The largest absolute Gasteiger partial charge is 0.451 e. The van der Waals surface area contributed by atoms with Crippen LogP contribution in [0.5, 0.6) is 0 Å². The van der Waals surface area contributed by atoms with Crippen LogP contribution in [-0.2, 0) is 9.53 Å². The Morgan fingerprint density at radius 3 is 2.38 bits per heavy atom. The third-order valence-electron chi connectivity index (χ3n) is 4.68. The first-order valence-electron chi connectivity index (χ1n) is 9.30. The van der Waals surface area contributed by atoms with Gasteiger partial charge in [0.2, 0.25) is 5.78 Å². The number of hydrogen-bond acceptors (Lipinski definition) is 3. The number of benzene rings is 2. The van der Waals surface area contributed by atoms with E-state index in [0.29, 0.717) is 5.56 Å². The van der Waals surface area contributed by atoms with Crippen molar-refractivity contribution in [3.8, 4) is 5.69 Å². The van der Waals surface area contributed by atoms with Crippen molar-refractivity contribution in [1.82, 2.24) is 4.57 Å². The lowest BCUT2D eigenvalue weighted by molar-refractivity contribution is -0.140. The quantitative estimate of drug-likeness (QED) is 0.335. The molecule has 2 aromatic carbocycles. The summed E-state index contributed by atoms with van der Waals surface area (Å²) in [6.07, 6.45) is 1.49. The first kappa shape index (κ1) is 20.3. The van der Waals surface area contributed by atoms with Crippen molar-refractivity contribution in [1.29, 1.82) is 0 Å². The molecule has 0 unspecified atom stereocenters. The molecule has 1 aromatic heterocycles. The Kier molecular flexibility index (Phi) is 6.07. The highest BCUT2D eigenvalue weighted by atomic mass is 19.1. The molecule has 0 saturated heterocycles. The molecule has 0 spiro atoms. The second-order valence-corrected chi connectivity index (χ2v) is 6.75. The van der Waals surface area contributed by atoms with Crippen LogP contribution in [0.4, 0.5) is 4.39 Å². The summed E-state index contributed by atoms with van der Waals surface area (Å²) in [7, 11) is 0. The molecule has 1 heterocycles. The zero-order valence-electron chi connectivity index (χ0n) is 16.6. The first-order chi connectivity index (χ1) is 13.9. The lowest BCUT2D eigenvalue weighted by atomic mass is 10.1. The minimum absolute atomic E-state index is 0.273. The number of carbonyl (C=O) groups excluding carboxylic acids is 2. The molecule has 0 aliphatic heterocycles. The van der Waals surface area contributed by atoms with E-state index >= 15 is 0 Å². The second kappa shape index (κ2) is 8.69. The van der Waals surface area contributed by atoms with E-state index in [4.69, 9.17) is 4.74 Å². The van der Waals surface area contributed by atoms with Crippen molar-refractivity contribution in [2.75, 3.05) is 0 Å². The SMILES string of the molecule is Cc1cc(C(=O)[C@H](C)OC(=O)/C=C/c2ccccc2F)c(C)n1-c1ccccc1. The van der Waals surface area contributed by atoms with E-state index < -0.39 is 17.9 Å². The van der Waals surface area contributed by atoms with Crippen LogP contribution in [-0.4, -0.2) is 22.4 Å². The molecular weight excluding hydrogens is 369 g/mol. The molecule has 0 saturated carbocycles. The molecule has 29 heavy (non-hydrogen) atoms. The number of esters is 1. The fourth-order valence-corrected chi connectivity index (χ4v) is 3.24. The lowest BCUT2D eigenvalue weighted by Crippen LogP contribution is -2.24. The molecule has 1 atom stereocenters. The summed E-state index contributed by atoms with van der Waals surface area (Å²) in [4.78, 5) is 24.9. The monoisotopic (exact) mass is 391 g/mol. The molecule has 0 N–H and O–H groups in total. The minimum Gasteiger partial charge on any atom is -0.451 e. The fourth-order valence-electron chi connectivity index (χ4n) is 3.24. The summed E-state index contributed by atoms with van der Waals surface area (Å²) >= 11 is 0. The van der Waals surface area contributed by atoms with Gasteiger partial charge in [-0.05, 0) is 51.1 Å². The Labute approximate surface area is 169 Å². The van der Waals surface area contributed by atoms with E-state index in [1.165, 1.54) is 19.1 Å². The molecule has 0 fully saturated rings. The van der Waals surface area contributed by atoms with Gasteiger partial charge >= 0.3 is 5.97 Å². The number of para-hydroxylation sites is 1. The van der Waals surface area contributed by atoms with Crippen molar-refractivity contribution in [2.45, 2.75) is 26.9 Å². The summed E-state index contributed by atoms with van der Waals surface area (Å²) in [5.74, 6) is -1.42. The van der Waals surface area contributed by atoms with Gasteiger partial charge in [-0.3, -0.25) is 4.79 Å². The van der Waals surface area contributed by atoms with Crippen molar-refractivity contribution in [3.05, 3.63) is 95.1 Å². The highest BCUT2D eigenvalue weighted by Crippen LogP contribution is 2.22. The molecule has 0 amide bonds. The lowest BCUT2D eigenvalue weighted by Gasteiger charge is -2.12. The van der Waals surface area contributed by atoms with Crippen LogP contribution in [0.25, 0.3) is 11.8 Å². The van der Waals surface area contributed by atoms with E-state index in [0.717, 1.165) is 23.2 Å². The number of hydrogen-bond donors (Lipinski definition) is 0. The highest BCUT2D eigenvalue weighted by molar-refractivity contribution is 6.02. The van der Waals surface area contributed by atoms with Crippen molar-refractivity contribution in [2.24, 2.45) is 0 Å². The molecule has 148 valence electrons. The predicted octanol–water partition coefficient (Wildman–Crippen LogP) is 5.06. The minimum atomic E-state index is -0.961. The Hall–Kier alpha value is -3.47. The summed E-state index contributed by atoms with van der Waals surface area (Å²) in [6, 6.07) is 17.6. The normalized spacial score (nSPS) is 12.1. The molecule has 5 heteroatoms. The molecule has 0 radical (unpaired) electrons. The predicted molar refractivity (Wildman–Crippen MR) is 111 cm³/mol. The Bertz CT molecular complexity index is 1070. The Morgan fingerprint density at radius 1 is 1.03 bits per heavy atom. The number of ketones is 1. The number of rotatable bonds is 6. The topological polar surface area (TPSA) is 48.3 Å². The van der Waals surface area contributed by atoms with E-state index in [2.05, 4.69) is 0 Å². The van der Waals surface area contributed by atoms with Gasteiger partial charge in [0.1, 0.15) is 5.82 Å². The average Bonchev–Trinajstić information content (AvgIpc) is 3.01. The highest BCUT2D eigenvalue weighted by Gasteiger charge is 2.23. The van der Waals surface area contributed by atoms with Gasteiger partial charge in [-0.2, -0.15) is 0 Å². The molecule has 4 nitrogen and oxygen atoms in total. The van der Waals surface area contributed by atoms with Crippen LogP contribution >= 0.6 is 0 Å². The van der Waals surface area contributed by atoms with E-state index in [9.17, 15) is 14.0 Å². The number of ether oxygens (including phenoxy) is 1. The summed E-state index contributed by atoms with van der Waals surface area (Å²) in [5, 5.41) is 0. The average molecular weight is 391 g/mol. The third-order valence-corrected chi connectivity index (χ3v) is 4.68. The number of carbonyl (C=O) groups is 2. The zero-order chi connectivity index (χ0) is 21.0. The fraction of sp³-hybridized carbons (Fsp3) is 0.167. The van der Waals surface area contributed by atoms with Gasteiger partial charge in [0.25, 0.3) is 0 Å². The van der Waals surface area contributed by atoms with Gasteiger partial charge in [0.05, 0.1) is 0 Å². The molecule has 0 aliphatic rings. The molecule has 3 rings (SSSR count). The van der Waals surface area contributed by atoms with Gasteiger partial charge in [-0.25, -0.2) is 9.18 Å². The summed E-state index contributed by atoms with van der Waals surface area (Å²) < 4.78 is 20.8. The third kappa shape index (κ3) is 4.51. The first-order valence-corrected chi connectivity index (χ1v) is 9.30. The maximum atomic E-state index is 13.6. The number of halogens is 1. The molecular formula is C24H22FNO3. The van der Waals surface area contributed by atoms with Gasteiger partial charge in [-0.1, -0.05) is 36.4 Å². The number of nitrogens with zero attached hydrogens (tertiary/aromatic N) is 1. The zero-order valence-corrected chi connectivity index (χ0v) is 16.6. The van der Waals surface area contributed by atoms with Crippen LogP contribution in [0, 0.1) is 19.7 Å². The van der Waals surface area contributed by atoms with Crippen molar-refractivity contribution < 1.29 is 18.7 Å². The van der Waals surface area contributed by atoms with Gasteiger partial charge in [0, 0.05) is 34.3 Å². The van der Waals surface area contributed by atoms with Gasteiger partial charge in [0.15, 0.2) is 6.10 Å². The summed E-state index contributed by atoms with van der Waals surface area (Å²) in [6.45, 7) is 5.32. The van der Waals surface area contributed by atoms with Crippen LogP contribution < -0.4 is 0 Å². The van der Waals surface area contributed by atoms with Crippen LogP contribution in [0.15, 0.2) is 66.7 Å². The number of aromatic nitrogens is 1. The summed E-state index contributed by atoms with van der Waals surface area (Å²) in [5.41, 5.74) is 3.43. The van der Waals surface area contributed by atoms with Crippen LogP contribution in [0.1, 0.15) is 34.2 Å². The van der Waals surface area contributed by atoms with Crippen molar-refractivity contribution in [3.63, 3.8) is 0 Å². The maximum absolute atomic E-state index is 13.6. The smallest absolute Gasteiger partial charge is 0.331 e. The standard InChI is InChI=1S/C24H22FNO3/c1-16-15-21(17(2)26(16)20-10-5-4-6-11-20)24(28)18(3)29-23(27)14-13-19-9-7-8-12-22(19)25/h4-15,18H,1-3H3/b14-13+/t18-/m0/s1. The van der Waals surface area contributed by atoms with Gasteiger partial charge in [-0.15, -0.1) is 0 Å². The molecule has 0 aliphatic carbocycles. The Morgan fingerprint density at radius 2 is 1.69 bits per heavy atom. The van der Waals surface area contributed by atoms with Gasteiger partial charge < -0.3 is 9.30 Å². The van der Waals surface area contributed by atoms with E-state index in [1.54, 1.807) is 24.3 Å². The van der Waals surface area contributed by atoms with E-state index in [1.807, 2.05) is 48.7 Å². The van der Waals surface area contributed by atoms with Crippen LogP contribution in [0.2, 0.25) is 0 Å². The Balaban J connectivity index is 1.74.